The number of rotatable bonds is 8. The molecule has 2 unspecified atom stereocenters. The molecule has 196 valence electrons. The molecule has 1 saturated carbocycles. The molecule has 0 radical (unpaired) electrons. The first-order valence-corrected chi connectivity index (χ1v) is 12.3. The number of alkyl halides is 3. The Morgan fingerprint density at radius 2 is 1.86 bits per heavy atom. The van der Waals surface area contributed by atoms with Crippen molar-refractivity contribution in [3.8, 4) is 11.6 Å². The Balaban J connectivity index is 1.17. The van der Waals surface area contributed by atoms with E-state index in [1.807, 2.05) is 18.2 Å². The number of hydrogen-bond acceptors (Lipinski definition) is 5. The van der Waals surface area contributed by atoms with Crippen LogP contribution in [0.4, 0.5) is 18.0 Å². The first-order valence-electron chi connectivity index (χ1n) is 11.9. The monoisotopic (exact) mass is 534 g/mol. The van der Waals surface area contributed by atoms with E-state index >= 15 is 0 Å². The quantitative estimate of drug-likeness (QED) is 0.390. The van der Waals surface area contributed by atoms with Crippen molar-refractivity contribution in [1.82, 2.24) is 19.4 Å². The molecule has 1 amide bonds. The van der Waals surface area contributed by atoms with Gasteiger partial charge in [0.25, 0.3) is 0 Å². The standard InChI is InChI=1S/C26H26ClF3N4O3/c1-32-15-24(31-16-32)36-25(35)34(11-18-3-2-4-19(27)9-18)14-23-21-12-33(13-22(21)23)10-17-5-7-20(8-6-17)37-26(28,29)30/h2-9,15-16,21-23H,10-14H2,1H3. The van der Waals surface area contributed by atoms with Crippen molar-refractivity contribution >= 4 is 17.7 Å². The molecule has 5 rings (SSSR count). The molecule has 1 aliphatic carbocycles. The van der Waals surface area contributed by atoms with Gasteiger partial charge in [0.1, 0.15) is 5.75 Å². The highest BCUT2D eigenvalue weighted by molar-refractivity contribution is 6.30. The van der Waals surface area contributed by atoms with Gasteiger partial charge in [-0.15, -0.1) is 13.2 Å². The number of carbonyl (C=O) groups is 1. The minimum atomic E-state index is -4.70. The van der Waals surface area contributed by atoms with Gasteiger partial charge in [0.15, 0.2) is 0 Å². The number of ether oxygens (including phenoxy) is 2. The van der Waals surface area contributed by atoms with E-state index in [0.717, 1.165) is 24.2 Å². The van der Waals surface area contributed by atoms with Gasteiger partial charge in [-0.2, -0.15) is 0 Å². The summed E-state index contributed by atoms with van der Waals surface area (Å²) in [7, 11) is 1.80. The van der Waals surface area contributed by atoms with Gasteiger partial charge in [0, 0.05) is 44.8 Å². The third-order valence-corrected chi connectivity index (χ3v) is 7.07. The van der Waals surface area contributed by atoms with E-state index in [-0.39, 0.29) is 11.6 Å². The third kappa shape index (κ3) is 6.56. The summed E-state index contributed by atoms with van der Waals surface area (Å²) in [5, 5.41) is 0.604. The smallest absolute Gasteiger partial charge is 0.406 e. The number of carbonyl (C=O) groups excluding carboxylic acids is 1. The molecular weight excluding hydrogens is 509 g/mol. The second-order valence-corrected chi connectivity index (χ2v) is 10.1. The molecule has 2 atom stereocenters. The van der Waals surface area contributed by atoms with Crippen molar-refractivity contribution in [1.29, 1.82) is 0 Å². The summed E-state index contributed by atoms with van der Waals surface area (Å²) < 4.78 is 48.3. The Bertz CT molecular complexity index is 1240. The molecule has 2 aliphatic rings. The van der Waals surface area contributed by atoms with Crippen LogP contribution in [0.1, 0.15) is 11.1 Å². The van der Waals surface area contributed by atoms with Crippen molar-refractivity contribution in [3.05, 3.63) is 77.2 Å². The van der Waals surface area contributed by atoms with Crippen LogP contribution in [0.5, 0.6) is 11.6 Å². The van der Waals surface area contributed by atoms with Gasteiger partial charge in [-0.1, -0.05) is 35.9 Å². The van der Waals surface area contributed by atoms with Gasteiger partial charge in [-0.05, 0) is 53.1 Å². The fourth-order valence-corrected chi connectivity index (χ4v) is 5.31. The highest BCUT2D eigenvalue weighted by atomic mass is 35.5. The summed E-state index contributed by atoms with van der Waals surface area (Å²) in [6.45, 7) is 3.33. The number of fused-ring (bicyclic) bond motifs is 1. The lowest BCUT2D eigenvalue weighted by molar-refractivity contribution is -0.274. The summed E-state index contributed by atoms with van der Waals surface area (Å²) in [6.07, 6.45) is -1.94. The summed E-state index contributed by atoms with van der Waals surface area (Å²) in [4.78, 5) is 21.1. The molecule has 0 bridgehead atoms. The Morgan fingerprint density at radius 1 is 1.14 bits per heavy atom. The molecule has 2 aromatic carbocycles. The Kier molecular flexibility index (Phi) is 7.04. The first-order chi connectivity index (χ1) is 17.6. The number of piperidine rings is 1. The van der Waals surface area contributed by atoms with E-state index in [4.69, 9.17) is 16.3 Å². The van der Waals surface area contributed by atoms with Crippen LogP contribution in [0.15, 0.2) is 61.1 Å². The molecule has 7 nitrogen and oxygen atoms in total. The summed E-state index contributed by atoms with van der Waals surface area (Å²) in [6, 6.07) is 13.4. The van der Waals surface area contributed by atoms with E-state index in [0.29, 0.717) is 42.4 Å². The van der Waals surface area contributed by atoms with Crippen LogP contribution in [0, 0.1) is 17.8 Å². The molecule has 1 saturated heterocycles. The summed E-state index contributed by atoms with van der Waals surface area (Å²) >= 11 is 6.15. The fraction of sp³-hybridized carbons (Fsp3) is 0.385. The minimum absolute atomic E-state index is 0.224. The van der Waals surface area contributed by atoms with Crippen LogP contribution in [0.25, 0.3) is 0 Å². The lowest BCUT2D eigenvalue weighted by Gasteiger charge is -2.25. The Morgan fingerprint density at radius 3 is 2.49 bits per heavy atom. The highest BCUT2D eigenvalue weighted by Gasteiger charge is 2.56. The van der Waals surface area contributed by atoms with Crippen molar-refractivity contribution in [2.75, 3.05) is 19.6 Å². The largest absolute Gasteiger partial charge is 0.573 e. The lowest BCUT2D eigenvalue weighted by atomic mass is 10.1. The third-order valence-electron chi connectivity index (χ3n) is 6.84. The van der Waals surface area contributed by atoms with Crippen LogP contribution in [0.3, 0.4) is 0 Å². The zero-order valence-corrected chi connectivity index (χ0v) is 20.8. The van der Waals surface area contributed by atoms with Crippen molar-refractivity contribution in [3.63, 3.8) is 0 Å². The van der Waals surface area contributed by atoms with Crippen LogP contribution >= 0.6 is 11.6 Å². The van der Waals surface area contributed by atoms with E-state index in [1.54, 1.807) is 47.2 Å². The second-order valence-electron chi connectivity index (χ2n) is 9.63. The normalized spacial score (nSPS) is 20.9. The summed E-state index contributed by atoms with van der Waals surface area (Å²) in [5.74, 6) is 1.29. The Labute approximate surface area is 217 Å². The molecule has 0 spiro atoms. The molecule has 0 N–H and O–H groups in total. The van der Waals surface area contributed by atoms with Crippen LogP contribution < -0.4 is 9.47 Å². The molecule has 37 heavy (non-hydrogen) atoms. The Hall–Kier alpha value is -3.24. The second kappa shape index (κ2) is 10.3. The minimum Gasteiger partial charge on any atom is -0.406 e. The number of nitrogens with zero attached hydrogens (tertiary/aromatic N) is 4. The first kappa shape index (κ1) is 25.4. The zero-order valence-electron chi connectivity index (χ0n) is 20.1. The van der Waals surface area contributed by atoms with Crippen molar-refractivity contribution < 1.29 is 27.4 Å². The molecule has 2 heterocycles. The maximum atomic E-state index is 13.0. The predicted octanol–water partition coefficient (Wildman–Crippen LogP) is 5.35. The molecule has 3 aromatic rings. The van der Waals surface area contributed by atoms with E-state index in [2.05, 4.69) is 14.6 Å². The maximum Gasteiger partial charge on any atom is 0.573 e. The molecule has 1 aromatic heterocycles. The molecule has 2 fully saturated rings. The van der Waals surface area contributed by atoms with Crippen LogP contribution in [-0.4, -0.2) is 51.4 Å². The zero-order chi connectivity index (χ0) is 26.2. The van der Waals surface area contributed by atoms with Gasteiger partial charge < -0.3 is 18.9 Å². The van der Waals surface area contributed by atoms with Crippen molar-refractivity contribution in [2.45, 2.75) is 19.5 Å². The number of imidazole rings is 1. The lowest BCUT2D eigenvalue weighted by Crippen LogP contribution is -2.36. The summed E-state index contributed by atoms with van der Waals surface area (Å²) in [5.41, 5.74) is 1.84. The molecular formula is C26H26ClF3N4O3. The number of hydrogen-bond donors (Lipinski definition) is 0. The van der Waals surface area contributed by atoms with E-state index < -0.39 is 12.5 Å². The van der Waals surface area contributed by atoms with Crippen LogP contribution in [-0.2, 0) is 20.1 Å². The van der Waals surface area contributed by atoms with Gasteiger partial charge in [0.05, 0.1) is 12.5 Å². The number of halogens is 4. The predicted molar refractivity (Wildman–Crippen MR) is 130 cm³/mol. The number of amides is 1. The number of likely N-dealkylation sites (tertiary alicyclic amines) is 1. The molecule has 11 heteroatoms. The van der Waals surface area contributed by atoms with Gasteiger partial charge >= 0.3 is 12.5 Å². The van der Waals surface area contributed by atoms with Gasteiger partial charge in [0.2, 0.25) is 5.88 Å². The van der Waals surface area contributed by atoms with Crippen molar-refractivity contribution in [2.24, 2.45) is 24.8 Å². The fourth-order valence-electron chi connectivity index (χ4n) is 5.10. The average Bonchev–Trinajstić information content (AvgIpc) is 3.11. The SMILES string of the molecule is Cn1cnc(OC(=O)N(Cc2cccc(Cl)c2)CC2C3CN(Cc4ccc(OC(F)(F)F)cc4)CC32)c1. The maximum absolute atomic E-state index is 13.0. The van der Waals surface area contributed by atoms with Gasteiger partial charge in [-0.3, -0.25) is 4.90 Å². The number of aromatic nitrogens is 2. The van der Waals surface area contributed by atoms with E-state index in [9.17, 15) is 18.0 Å². The number of benzene rings is 2. The van der Waals surface area contributed by atoms with Gasteiger partial charge in [-0.25, -0.2) is 9.78 Å². The number of aryl methyl sites for hydroxylation is 1. The van der Waals surface area contributed by atoms with E-state index in [1.165, 1.54) is 12.1 Å². The average molecular weight is 535 g/mol. The topological polar surface area (TPSA) is 59.8 Å². The van der Waals surface area contributed by atoms with Crippen LogP contribution in [0.2, 0.25) is 5.02 Å². The molecule has 1 aliphatic heterocycles. The highest BCUT2D eigenvalue weighted by Crippen LogP contribution is 2.52.